The summed E-state index contributed by atoms with van der Waals surface area (Å²) in [7, 11) is -3.30. The standard InChI is InChI=1S/C17H21NO2S/c1-17(2,3)21(19,20)18-13-7-11-15-10-6-9-14-8-4-5-12-16(14)15/h4-12,18H,13H2,1-3H3/b11-7+. The van der Waals surface area contributed by atoms with E-state index in [0.29, 0.717) is 6.54 Å². The van der Waals surface area contributed by atoms with E-state index in [1.165, 1.54) is 5.39 Å². The van der Waals surface area contributed by atoms with Gasteiger partial charge in [-0.1, -0.05) is 54.6 Å². The summed E-state index contributed by atoms with van der Waals surface area (Å²) in [5.41, 5.74) is 1.09. The van der Waals surface area contributed by atoms with Crippen LogP contribution in [0.1, 0.15) is 26.3 Å². The van der Waals surface area contributed by atoms with E-state index in [1.807, 2.05) is 36.4 Å². The van der Waals surface area contributed by atoms with Gasteiger partial charge in [0, 0.05) is 6.54 Å². The lowest BCUT2D eigenvalue weighted by Gasteiger charge is -2.18. The van der Waals surface area contributed by atoms with Crippen molar-refractivity contribution in [2.45, 2.75) is 25.5 Å². The summed E-state index contributed by atoms with van der Waals surface area (Å²) in [6.07, 6.45) is 3.79. The van der Waals surface area contributed by atoms with Crippen molar-refractivity contribution in [3.8, 4) is 0 Å². The summed E-state index contributed by atoms with van der Waals surface area (Å²) in [4.78, 5) is 0. The molecule has 0 saturated carbocycles. The predicted molar refractivity (Wildman–Crippen MR) is 89.7 cm³/mol. The van der Waals surface area contributed by atoms with Crippen LogP contribution in [0, 0.1) is 0 Å². The lowest BCUT2D eigenvalue weighted by atomic mass is 10.0. The van der Waals surface area contributed by atoms with Crippen LogP contribution in [0.5, 0.6) is 0 Å². The molecule has 4 heteroatoms. The van der Waals surface area contributed by atoms with Crippen LogP contribution in [0.2, 0.25) is 0 Å². The molecular weight excluding hydrogens is 282 g/mol. The van der Waals surface area contributed by atoms with Gasteiger partial charge in [-0.05, 0) is 37.1 Å². The fraction of sp³-hybridized carbons (Fsp3) is 0.294. The highest BCUT2D eigenvalue weighted by atomic mass is 32.2. The SMILES string of the molecule is CC(C)(C)S(=O)(=O)NC/C=C/c1cccc2ccccc12. The molecule has 2 aromatic carbocycles. The van der Waals surface area contributed by atoms with E-state index < -0.39 is 14.8 Å². The second-order valence-electron chi connectivity index (χ2n) is 5.94. The maximum absolute atomic E-state index is 11.9. The van der Waals surface area contributed by atoms with Gasteiger partial charge in [-0.2, -0.15) is 0 Å². The van der Waals surface area contributed by atoms with Crippen LogP contribution in [0.25, 0.3) is 16.8 Å². The summed E-state index contributed by atoms with van der Waals surface area (Å²) in [5, 5.41) is 2.34. The van der Waals surface area contributed by atoms with Crippen molar-refractivity contribution in [2.75, 3.05) is 6.54 Å². The van der Waals surface area contributed by atoms with Crippen LogP contribution < -0.4 is 4.72 Å². The molecule has 3 nitrogen and oxygen atoms in total. The summed E-state index contributed by atoms with van der Waals surface area (Å²) in [6, 6.07) is 14.2. The van der Waals surface area contributed by atoms with E-state index in [-0.39, 0.29) is 0 Å². The average Bonchev–Trinajstić information content (AvgIpc) is 2.42. The van der Waals surface area contributed by atoms with Gasteiger partial charge in [0.1, 0.15) is 0 Å². The molecule has 0 spiro atoms. The van der Waals surface area contributed by atoms with Gasteiger partial charge >= 0.3 is 0 Å². The quantitative estimate of drug-likeness (QED) is 0.938. The van der Waals surface area contributed by atoms with E-state index in [9.17, 15) is 8.42 Å². The van der Waals surface area contributed by atoms with Crippen molar-refractivity contribution in [3.63, 3.8) is 0 Å². The number of benzene rings is 2. The molecule has 0 aliphatic carbocycles. The van der Waals surface area contributed by atoms with Crippen molar-refractivity contribution in [1.82, 2.24) is 4.72 Å². The Kier molecular flexibility index (Phi) is 4.49. The topological polar surface area (TPSA) is 46.2 Å². The smallest absolute Gasteiger partial charge is 0.212 e. The molecule has 0 atom stereocenters. The van der Waals surface area contributed by atoms with Crippen molar-refractivity contribution in [1.29, 1.82) is 0 Å². The van der Waals surface area contributed by atoms with Gasteiger partial charge in [0.15, 0.2) is 0 Å². The first kappa shape index (κ1) is 15.7. The van der Waals surface area contributed by atoms with Crippen molar-refractivity contribution < 1.29 is 8.42 Å². The second-order valence-corrected chi connectivity index (χ2v) is 8.46. The zero-order chi connectivity index (χ0) is 15.5. The molecule has 0 aromatic heterocycles. The van der Waals surface area contributed by atoms with Crippen LogP contribution in [-0.4, -0.2) is 19.7 Å². The maximum atomic E-state index is 11.9. The molecule has 0 aliphatic rings. The van der Waals surface area contributed by atoms with Crippen molar-refractivity contribution in [2.24, 2.45) is 0 Å². The minimum atomic E-state index is -3.30. The summed E-state index contributed by atoms with van der Waals surface area (Å²) >= 11 is 0. The predicted octanol–water partition coefficient (Wildman–Crippen LogP) is 3.57. The van der Waals surface area contributed by atoms with E-state index >= 15 is 0 Å². The molecule has 0 amide bonds. The number of hydrogen-bond acceptors (Lipinski definition) is 2. The third-order valence-electron chi connectivity index (χ3n) is 3.32. The number of rotatable bonds is 4. The van der Waals surface area contributed by atoms with Crippen LogP contribution in [-0.2, 0) is 10.0 Å². The van der Waals surface area contributed by atoms with Crippen molar-refractivity contribution >= 4 is 26.9 Å². The fourth-order valence-electron chi connectivity index (χ4n) is 1.96. The van der Waals surface area contributed by atoms with Gasteiger partial charge in [0.05, 0.1) is 4.75 Å². The summed E-state index contributed by atoms with van der Waals surface area (Å²) in [6.45, 7) is 5.35. The lowest BCUT2D eigenvalue weighted by Crippen LogP contribution is -2.39. The van der Waals surface area contributed by atoms with Gasteiger partial charge in [-0.25, -0.2) is 13.1 Å². The van der Waals surface area contributed by atoms with E-state index in [2.05, 4.69) is 22.9 Å². The molecule has 112 valence electrons. The zero-order valence-corrected chi connectivity index (χ0v) is 13.4. The van der Waals surface area contributed by atoms with Crippen LogP contribution in [0.3, 0.4) is 0 Å². The van der Waals surface area contributed by atoms with Gasteiger partial charge in [0.25, 0.3) is 0 Å². The normalized spacial score (nSPS) is 13.1. The summed E-state index contributed by atoms with van der Waals surface area (Å²) in [5.74, 6) is 0. The van der Waals surface area contributed by atoms with E-state index in [4.69, 9.17) is 0 Å². The Labute approximate surface area is 126 Å². The Morgan fingerprint density at radius 1 is 1.05 bits per heavy atom. The van der Waals surface area contributed by atoms with Gasteiger partial charge < -0.3 is 0 Å². The Bertz CT molecular complexity index is 750. The highest BCUT2D eigenvalue weighted by Crippen LogP contribution is 2.19. The first-order valence-corrected chi connectivity index (χ1v) is 8.43. The highest BCUT2D eigenvalue weighted by molar-refractivity contribution is 7.90. The molecule has 0 radical (unpaired) electrons. The maximum Gasteiger partial charge on any atom is 0.216 e. The van der Waals surface area contributed by atoms with Gasteiger partial charge in [0.2, 0.25) is 10.0 Å². The average molecular weight is 303 g/mol. The van der Waals surface area contributed by atoms with Crippen LogP contribution in [0.15, 0.2) is 48.5 Å². The molecule has 2 rings (SSSR count). The first-order valence-electron chi connectivity index (χ1n) is 6.95. The van der Waals surface area contributed by atoms with Crippen molar-refractivity contribution in [3.05, 3.63) is 54.1 Å². The monoisotopic (exact) mass is 303 g/mol. The zero-order valence-electron chi connectivity index (χ0n) is 12.6. The third kappa shape index (κ3) is 3.71. The molecule has 0 fully saturated rings. The minimum Gasteiger partial charge on any atom is -0.212 e. The summed E-state index contributed by atoms with van der Waals surface area (Å²) < 4.78 is 25.7. The number of fused-ring (bicyclic) bond motifs is 1. The molecule has 0 unspecified atom stereocenters. The number of hydrogen-bond donors (Lipinski definition) is 1. The molecule has 1 N–H and O–H groups in total. The van der Waals surface area contributed by atoms with Gasteiger partial charge in [-0.3, -0.25) is 0 Å². The minimum absolute atomic E-state index is 0.294. The lowest BCUT2D eigenvalue weighted by molar-refractivity contribution is 0.549. The molecule has 0 bridgehead atoms. The first-order chi connectivity index (χ1) is 9.81. The van der Waals surface area contributed by atoms with E-state index in [1.54, 1.807) is 20.8 Å². The number of nitrogens with one attached hydrogen (secondary N) is 1. The van der Waals surface area contributed by atoms with Crippen LogP contribution >= 0.6 is 0 Å². The molecule has 21 heavy (non-hydrogen) atoms. The third-order valence-corrected chi connectivity index (χ3v) is 5.48. The Morgan fingerprint density at radius 3 is 2.43 bits per heavy atom. The Balaban J connectivity index is 2.12. The molecule has 0 aliphatic heterocycles. The fourth-order valence-corrected chi connectivity index (χ4v) is 2.70. The van der Waals surface area contributed by atoms with E-state index in [0.717, 1.165) is 10.9 Å². The Hall–Kier alpha value is -1.65. The Morgan fingerprint density at radius 2 is 1.71 bits per heavy atom. The molecule has 0 saturated heterocycles. The molecule has 0 heterocycles. The molecule has 2 aromatic rings. The second kappa shape index (κ2) is 6.00. The number of sulfonamides is 1. The molecular formula is C17H21NO2S. The highest BCUT2D eigenvalue weighted by Gasteiger charge is 2.27. The van der Waals surface area contributed by atoms with Gasteiger partial charge in [-0.15, -0.1) is 0 Å². The van der Waals surface area contributed by atoms with Crippen LogP contribution in [0.4, 0.5) is 0 Å². The largest absolute Gasteiger partial charge is 0.216 e.